The van der Waals surface area contributed by atoms with Crippen LogP contribution < -0.4 is 4.74 Å². The summed E-state index contributed by atoms with van der Waals surface area (Å²) in [5.74, 6) is 1.52. The molecule has 0 aliphatic carbocycles. The van der Waals surface area contributed by atoms with Crippen molar-refractivity contribution < 1.29 is 19.1 Å². The largest absolute Gasteiger partial charge is 0.493 e. The summed E-state index contributed by atoms with van der Waals surface area (Å²) in [5.41, 5.74) is 5.54. The van der Waals surface area contributed by atoms with Gasteiger partial charge in [0.05, 0.1) is 13.0 Å². The molecule has 1 aromatic heterocycles. The Morgan fingerprint density at radius 2 is 1.83 bits per heavy atom. The number of furan rings is 1. The van der Waals surface area contributed by atoms with Gasteiger partial charge < -0.3 is 14.3 Å². The minimum Gasteiger partial charge on any atom is -0.493 e. The second kappa shape index (κ2) is 11.6. The van der Waals surface area contributed by atoms with E-state index in [1.165, 1.54) is 16.7 Å². The van der Waals surface area contributed by atoms with E-state index in [4.69, 9.17) is 14.3 Å². The van der Waals surface area contributed by atoms with Gasteiger partial charge in [0.2, 0.25) is 0 Å². The van der Waals surface area contributed by atoms with Gasteiger partial charge >= 0.3 is 5.97 Å². The topological polar surface area (TPSA) is 62.9 Å². The van der Waals surface area contributed by atoms with E-state index in [9.17, 15) is 4.79 Å². The Labute approximate surface area is 218 Å². The molecule has 188 valence electrons. The van der Waals surface area contributed by atoms with E-state index in [0.717, 1.165) is 67.1 Å². The molecule has 2 heterocycles. The molecule has 3 aromatic carbocycles. The van der Waals surface area contributed by atoms with Gasteiger partial charge in [-0.15, -0.1) is 12.4 Å². The number of rotatable bonds is 10. The summed E-state index contributed by atoms with van der Waals surface area (Å²) in [4.78, 5) is 13.6. The number of carboxylic acids is 1. The summed E-state index contributed by atoms with van der Waals surface area (Å²) < 4.78 is 11.8. The number of nitrogens with zero attached hydrogens (tertiary/aromatic N) is 1. The maximum Gasteiger partial charge on any atom is 0.307 e. The lowest BCUT2D eigenvalue weighted by Crippen LogP contribution is -2.29. The van der Waals surface area contributed by atoms with Crippen LogP contribution in [0.15, 0.2) is 77.2 Å². The van der Waals surface area contributed by atoms with Crippen LogP contribution >= 0.6 is 12.4 Å². The van der Waals surface area contributed by atoms with E-state index >= 15 is 0 Å². The maximum atomic E-state index is 11.1. The molecule has 5 nitrogen and oxygen atoms in total. The number of hydrogen-bond donors (Lipinski definition) is 1. The highest BCUT2D eigenvalue weighted by Gasteiger charge is 2.17. The number of fused-ring (bicyclic) bond motifs is 2. The second-order valence-corrected chi connectivity index (χ2v) is 9.49. The molecule has 0 bridgehead atoms. The Hall–Kier alpha value is -3.28. The van der Waals surface area contributed by atoms with Crippen molar-refractivity contribution >= 4 is 29.3 Å². The molecule has 0 fully saturated rings. The highest BCUT2D eigenvalue weighted by atomic mass is 35.5. The van der Waals surface area contributed by atoms with Crippen LogP contribution in [0.3, 0.4) is 0 Å². The number of halogens is 1. The summed E-state index contributed by atoms with van der Waals surface area (Å²) in [6, 6.07) is 24.9. The predicted molar refractivity (Wildman–Crippen MR) is 144 cm³/mol. The zero-order valence-electron chi connectivity index (χ0n) is 20.5. The fourth-order valence-electron chi connectivity index (χ4n) is 4.93. The van der Waals surface area contributed by atoms with Crippen LogP contribution in [-0.2, 0) is 30.6 Å². The van der Waals surface area contributed by atoms with Gasteiger partial charge in [0.25, 0.3) is 0 Å². The van der Waals surface area contributed by atoms with E-state index in [2.05, 4.69) is 60.4 Å². The third-order valence-electron chi connectivity index (χ3n) is 6.72. The highest BCUT2D eigenvalue weighted by Crippen LogP contribution is 2.27. The van der Waals surface area contributed by atoms with Gasteiger partial charge in [0, 0.05) is 37.9 Å². The molecule has 6 heteroatoms. The monoisotopic (exact) mass is 505 g/mol. The average molecular weight is 506 g/mol. The number of hydrogen-bond acceptors (Lipinski definition) is 4. The van der Waals surface area contributed by atoms with Gasteiger partial charge in [0.15, 0.2) is 0 Å². The summed E-state index contributed by atoms with van der Waals surface area (Å²) in [7, 11) is 0. The first-order valence-corrected chi connectivity index (χ1v) is 12.3. The van der Waals surface area contributed by atoms with Crippen molar-refractivity contribution in [2.45, 2.75) is 38.6 Å². The fraction of sp³-hybridized carbons (Fsp3) is 0.300. The van der Waals surface area contributed by atoms with Crippen molar-refractivity contribution in [3.63, 3.8) is 0 Å². The molecule has 1 N–H and O–H groups in total. The van der Waals surface area contributed by atoms with E-state index in [1.807, 2.05) is 24.3 Å². The van der Waals surface area contributed by atoms with Crippen molar-refractivity contribution in [3.05, 3.63) is 101 Å². The molecule has 0 radical (unpaired) electrons. The summed E-state index contributed by atoms with van der Waals surface area (Å²) in [6.45, 7) is 5.73. The molecule has 36 heavy (non-hydrogen) atoms. The first kappa shape index (κ1) is 25.8. The molecule has 5 rings (SSSR count). The zero-order valence-corrected chi connectivity index (χ0v) is 21.3. The van der Waals surface area contributed by atoms with Crippen LogP contribution in [0.2, 0.25) is 0 Å². The van der Waals surface area contributed by atoms with E-state index < -0.39 is 5.97 Å². The summed E-state index contributed by atoms with van der Waals surface area (Å²) in [6.07, 6.45) is 1.79. The molecule has 0 amide bonds. The first-order chi connectivity index (χ1) is 17.0. The normalized spacial score (nSPS) is 13.3. The number of ether oxygens (including phenoxy) is 1. The van der Waals surface area contributed by atoms with Gasteiger partial charge in [-0.1, -0.05) is 55.5 Å². The third kappa shape index (κ3) is 6.28. The highest BCUT2D eigenvalue weighted by molar-refractivity contribution is 5.85. The molecule has 0 spiro atoms. The lowest BCUT2D eigenvalue weighted by Gasteiger charge is -2.26. The van der Waals surface area contributed by atoms with Crippen LogP contribution in [0.25, 0.3) is 11.0 Å². The SMILES string of the molecule is C[C@@H](CN(CCc1cc2cc(CC(=O)O)ccc2o1)Cc1ccc2c(c1)CCO2)c1ccccc1.Cl. The maximum absolute atomic E-state index is 11.1. The van der Waals surface area contributed by atoms with Crippen LogP contribution in [0.4, 0.5) is 0 Å². The van der Waals surface area contributed by atoms with Crippen molar-refractivity contribution in [1.82, 2.24) is 4.90 Å². The molecular formula is C30H32ClNO4. The van der Waals surface area contributed by atoms with Crippen LogP contribution in [-0.4, -0.2) is 35.7 Å². The van der Waals surface area contributed by atoms with Gasteiger partial charge in [0.1, 0.15) is 17.1 Å². The molecule has 1 atom stereocenters. The average Bonchev–Trinajstić information content (AvgIpc) is 3.48. The van der Waals surface area contributed by atoms with Crippen LogP contribution in [0.1, 0.15) is 40.9 Å². The standard InChI is InChI=1S/C30H31NO4.ClH/c1-21(24-5-3-2-4-6-24)19-31(20-23-8-9-28-25(16-23)12-14-34-28)13-11-27-18-26-15-22(17-30(32)33)7-10-29(26)35-27;/h2-10,15-16,18,21H,11-14,17,19-20H2,1H3,(H,32,33);1H/t21-;/m0./s1. The minimum absolute atomic E-state index is 0. The molecule has 0 unspecified atom stereocenters. The number of carbonyl (C=O) groups is 1. The van der Waals surface area contributed by atoms with E-state index in [1.54, 1.807) is 0 Å². The van der Waals surface area contributed by atoms with Gasteiger partial charge in [-0.05, 0) is 52.4 Å². The quantitative estimate of drug-likeness (QED) is 0.275. The Bertz CT molecular complexity index is 1320. The number of aliphatic carboxylic acids is 1. The van der Waals surface area contributed by atoms with Gasteiger partial charge in [-0.2, -0.15) is 0 Å². The fourth-order valence-corrected chi connectivity index (χ4v) is 4.93. The minimum atomic E-state index is -0.825. The number of benzene rings is 3. The van der Waals surface area contributed by atoms with Crippen molar-refractivity contribution in [1.29, 1.82) is 0 Å². The third-order valence-corrected chi connectivity index (χ3v) is 6.72. The van der Waals surface area contributed by atoms with Crippen LogP contribution in [0.5, 0.6) is 5.75 Å². The van der Waals surface area contributed by atoms with E-state index in [-0.39, 0.29) is 18.8 Å². The predicted octanol–water partition coefficient (Wildman–Crippen LogP) is 6.27. The Balaban J connectivity index is 0.00000304. The van der Waals surface area contributed by atoms with Gasteiger partial charge in [-0.25, -0.2) is 0 Å². The van der Waals surface area contributed by atoms with Crippen LogP contribution in [0, 0.1) is 0 Å². The van der Waals surface area contributed by atoms with E-state index in [0.29, 0.717) is 5.92 Å². The first-order valence-electron chi connectivity index (χ1n) is 12.3. The molecule has 0 saturated heterocycles. The Morgan fingerprint density at radius 3 is 2.64 bits per heavy atom. The smallest absolute Gasteiger partial charge is 0.307 e. The number of carboxylic acid groups (broad SMARTS) is 1. The molecule has 1 aliphatic rings. The Morgan fingerprint density at radius 1 is 1.03 bits per heavy atom. The molecule has 1 aliphatic heterocycles. The summed E-state index contributed by atoms with van der Waals surface area (Å²) in [5, 5.41) is 10.0. The zero-order chi connectivity index (χ0) is 24.2. The lowest BCUT2D eigenvalue weighted by atomic mass is 10.00. The lowest BCUT2D eigenvalue weighted by molar-refractivity contribution is -0.136. The van der Waals surface area contributed by atoms with Crippen molar-refractivity contribution in [2.24, 2.45) is 0 Å². The Kier molecular flexibility index (Phi) is 8.34. The molecule has 4 aromatic rings. The van der Waals surface area contributed by atoms with Gasteiger partial charge in [-0.3, -0.25) is 9.69 Å². The summed E-state index contributed by atoms with van der Waals surface area (Å²) >= 11 is 0. The molecular weight excluding hydrogens is 474 g/mol. The molecule has 0 saturated carbocycles. The van der Waals surface area contributed by atoms with Crippen molar-refractivity contribution in [3.8, 4) is 5.75 Å². The van der Waals surface area contributed by atoms with Crippen molar-refractivity contribution in [2.75, 3.05) is 19.7 Å². The second-order valence-electron chi connectivity index (χ2n) is 9.49.